The van der Waals surface area contributed by atoms with Gasteiger partial charge in [0.15, 0.2) is 6.29 Å². The highest BCUT2D eigenvalue weighted by Crippen LogP contribution is 2.31. The van der Waals surface area contributed by atoms with Crippen LogP contribution in [0.2, 0.25) is 0 Å². The number of rotatable bonds is 6. The maximum absolute atomic E-state index is 11.4. The summed E-state index contributed by atoms with van der Waals surface area (Å²) < 4.78 is 11.7. The highest BCUT2D eigenvalue weighted by molar-refractivity contribution is 5.73. The van der Waals surface area contributed by atoms with Gasteiger partial charge in [-0.25, -0.2) is 0 Å². The summed E-state index contributed by atoms with van der Waals surface area (Å²) in [6, 6.07) is 9.55. The van der Waals surface area contributed by atoms with Crippen LogP contribution in [0.15, 0.2) is 30.3 Å². The van der Waals surface area contributed by atoms with Crippen LogP contribution in [0.25, 0.3) is 0 Å². The molecule has 1 heterocycles. The molecule has 1 aromatic carbocycles. The van der Waals surface area contributed by atoms with E-state index in [4.69, 9.17) is 9.47 Å². The van der Waals surface area contributed by atoms with Crippen molar-refractivity contribution in [1.82, 2.24) is 5.32 Å². The van der Waals surface area contributed by atoms with E-state index in [1.54, 1.807) is 0 Å². The second-order valence-corrected chi connectivity index (χ2v) is 5.83. The van der Waals surface area contributed by atoms with Crippen molar-refractivity contribution in [3.63, 3.8) is 0 Å². The van der Waals surface area contributed by atoms with Gasteiger partial charge in [0.25, 0.3) is 0 Å². The average molecular weight is 307 g/mol. The fraction of sp³-hybridized carbons (Fsp3) is 0.588. The van der Waals surface area contributed by atoms with E-state index in [9.17, 15) is 9.90 Å². The van der Waals surface area contributed by atoms with Crippen molar-refractivity contribution in [2.75, 3.05) is 0 Å². The minimum atomic E-state index is -0.559. The van der Waals surface area contributed by atoms with E-state index in [1.165, 1.54) is 6.92 Å². The first kappa shape index (κ1) is 16.9. The molecule has 122 valence electrons. The van der Waals surface area contributed by atoms with Gasteiger partial charge in [-0.3, -0.25) is 4.79 Å². The number of benzene rings is 1. The van der Waals surface area contributed by atoms with E-state index in [-0.39, 0.29) is 24.0 Å². The minimum absolute atomic E-state index is 0.0142. The van der Waals surface area contributed by atoms with E-state index in [0.717, 1.165) is 5.56 Å². The van der Waals surface area contributed by atoms with Crippen molar-refractivity contribution in [3.05, 3.63) is 35.9 Å². The highest BCUT2D eigenvalue weighted by atomic mass is 16.7. The Balaban J connectivity index is 2.04. The second kappa shape index (κ2) is 7.72. The van der Waals surface area contributed by atoms with Crippen molar-refractivity contribution in [1.29, 1.82) is 0 Å². The molecule has 0 bridgehead atoms. The number of hydrogen-bond donors (Lipinski definition) is 2. The third-order valence-electron chi connectivity index (χ3n) is 4.09. The molecule has 5 heteroatoms. The molecule has 0 radical (unpaired) electrons. The van der Waals surface area contributed by atoms with Crippen LogP contribution in [-0.4, -0.2) is 35.6 Å². The average Bonchev–Trinajstić information content (AvgIpc) is 2.82. The van der Waals surface area contributed by atoms with Gasteiger partial charge in [-0.15, -0.1) is 0 Å². The third kappa shape index (κ3) is 4.06. The number of ether oxygens (including phenoxy) is 2. The molecule has 0 saturated carbocycles. The van der Waals surface area contributed by atoms with Crippen LogP contribution in [0.1, 0.15) is 32.8 Å². The molecule has 1 saturated heterocycles. The van der Waals surface area contributed by atoms with Gasteiger partial charge in [0.05, 0.1) is 24.9 Å². The zero-order chi connectivity index (χ0) is 16.1. The van der Waals surface area contributed by atoms with Crippen LogP contribution in [0, 0.1) is 5.92 Å². The Bertz CT molecular complexity index is 479. The molecule has 1 aliphatic rings. The van der Waals surface area contributed by atoms with Gasteiger partial charge >= 0.3 is 0 Å². The monoisotopic (exact) mass is 307 g/mol. The fourth-order valence-corrected chi connectivity index (χ4v) is 2.82. The number of carbonyl (C=O) groups excluding carboxylic acids is 1. The Labute approximate surface area is 131 Å². The van der Waals surface area contributed by atoms with Gasteiger partial charge in [-0.1, -0.05) is 44.2 Å². The molecule has 5 nitrogen and oxygen atoms in total. The molecule has 2 N–H and O–H groups in total. The van der Waals surface area contributed by atoms with Gasteiger partial charge in [0.2, 0.25) is 5.91 Å². The van der Waals surface area contributed by atoms with Crippen molar-refractivity contribution in [2.24, 2.45) is 5.92 Å². The van der Waals surface area contributed by atoms with Gasteiger partial charge in [-0.2, -0.15) is 0 Å². The van der Waals surface area contributed by atoms with E-state index in [2.05, 4.69) is 5.32 Å². The summed E-state index contributed by atoms with van der Waals surface area (Å²) >= 11 is 0. The lowest BCUT2D eigenvalue weighted by Gasteiger charge is -2.22. The first-order valence-electron chi connectivity index (χ1n) is 7.79. The predicted octanol–water partition coefficient (Wildman–Crippen LogP) is 1.84. The van der Waals surface area contributed by atoms with E-state index in [0.29, 0.717) is 13.0 Å². The molecule has 0 aromatic heterocycles. The number of hydrogen-bond acceptors (Lipinski definition) is 4. The molecule has 1 aliphatic heterocycles. The molecule has 1 unspecified atom stereocenters. The van der Waals surface area contributed by atoms with Crippen LogP contribution in [0.4, 0.5) is 0 Å². The van der Waals surface area contributed by atoms with Crippen molar-refractivity contribution in [2.45, 2.75) is 58.3 Å². The second-order valence-electron chi connectivity index (χ2n) is 5.83. The lowest BCUT2D eigenvalue weighted by Crippen LogP contribution is -2.44. The van der Waals surface area contributed by atoms with E-state index < -0.39 is 12.4 Å². The van der Waals surface area contributed by atoms with Gasteiger partial charge in [0.1, 0.15) is 0 Å². The maximum Gasteiger partial charge on any atom is 0.217 e. The topological polar surface area (TPSA) is 67.8 Å². The molecule has 1 fully saturated rings. The third-order valence-corrected chi connectivity index (χ3v) is 4.09. The molecule has 1 aromatic rings. The number of aliphatic hydroxyl groups excluding tert-OH is 1. The summed E-state index contributed by atoms with van der Waals surface area (Å²) in [5, 5.41) is 13.0. The van der Waals surface area contributed by atoms with E-state index >= 15 is 0 Å². The molecule has 1 amide bonds. The zero-order valence-corrected chi connectivity index (χ0v) is 13.4. The Kier molecular flexibility index (Phi) is 5.94. The van der Waals surface area contributed by atoms with Crippen LogP contribution < -0.4 is 5.32 Å². The smallest absolute Gasteiger partial charge is 0.217 e. The van der Waals surface area contributed by atoms with Crippen LogP contribution in [0.3, 0.4) is 0 Å². The summed E-state index contributed by atoms with van der Waals surface area (Å²) in [4.78, 5) is 11.4. The lowest BCUT2D eigenvalue weighted by molar-refractivity contribution is -0.168. The van der Waals surface area contributed by atoms with Gasteiger partial charge in [0, 0.05) is 12.8 Å². The summed E-state index contributed by atoms with van der Waals surface area (Å²) in [7, 11) is 0. The van der Waals surface area contributed by atoms with Crippen molar-refractivity contribution >= 4 is 5.91 Å². The van der Waals surface area contributed by atoms with Crippen LogP contribution in [-0.2, 0) is 20.9 Å². The first-order chi connectivity index (χ1) is 10.5. The van der Waals surface area contributed by atoms with Crippen molar-refractivity contribution in [3.8, 4) is 0 Å². The standard InChI is InChI=1S/C17H25NO4/c1-4-14(20)16-11(2)15(18-12(3)19)17(22-16)21-10-13-8-6-5-7-9-13/h5-9,11,14-17,20H,4,10H2,1-3H3,(H,18,19)/t11?,14-,15-,16+,17+/m1/s1. The lowest BCUT2D eigenvalue weighted by atomic mass is 9.94. The largest absolute Gasteiger partial charge is 0.390 e. The summed E-state index contributed by atoms with van der Waals surface area (Å²) in [5.41, 5.74) is 1.04. The summed E-state index contributed by atoms with van der Waals surface area (Å²) in [5.74, 6) is -0.139. The minimum Gasteiger partial charge on any atom is -0.390 e. The van der Waals surface area contributed by atoms with Gasteiger partial charge < -0.3 is 19.9 Å². The Morgan fingerprint density at radius 1 is 1.41 bits per heavy atom. The summed E-state index contributed by atoms with van der Waals surface area (Å²) in [6.45, 7) is 5.76. The number of amides is 1. The van der Waals surface area contributed by atoms with Crippen LogP contribution >= 0.6 is 0 Å². The number of nitrogens with one attached hydrogen (secondary N) is 1. The number of aliphatic hydroxyl groups is 1. The molecule has 0 spiro atoms. The van der Waals surface area contributed by atoms with Gasteiger partial charge in [-0.05, 0) is 12.0 Å². The molecular formula is C17H25NO4. The number of carbonyl (C=O) groups is 1. The molecule has 5 atom stereocenters. The zero-order valence-electron chi connectivity index (χ0n) is 13.4. The maximum atomic E-state index is 11.4. The first-order valence-corrected chi connectivity index (χ1v) is 7.79. The highest BCUT2D eigenvalue weighted by Gasteiger charge is 2.45. The Morgan fingerprint density at radius 3 is 2.68 bits per heavy atom. The molecule has 22 heavy (non-hydrogen) atoms. The van der Waals surface area contributed by atoms with Crippen LogP contribution in [0.5, 0.6) is 0 Å². The molecule has 0 aliphatic carbocycles. The summed E-state index contributed by atoms with van der Waals surface area (Å²) in [6.07, 6.45) is -0.836. The fourth-order valence-electron chi connectivity index (χ4n) is 2.82. The molecular weight excluding hydrogens is 282 g/mol. The Hall–Kier alpha value is -1.43. The quantitative estimate of drug-likeness (QED) is 0.841. The molecule has 2 rings (SSSR count). The predicted molar refractivity (Wildman–Crippen MR) is 83.0 cm³/mol. The normalized spacial score (nSPS) is 29.3. The van der Waals surface area contributed by atoms with Crippen molar-refractivity contribution < 1.29 is 19.4 Å². The SMILES string of the molecule is CC[C@@H](O)[C@H]1O[C@H](OCc2ccccc2)[C@H](NC(C)=O)C1C. The van der Waals surface area contributed by atoms with E-state index in [1.807, 2.05) is 44.2 Å². The Morgan fingerprint density at radius 2 is 2.09 bits per heavy atom.